The van der Waals surface area contributed by atoms with E-state index in [1.807, 2.05) is 36.4 Å². The highest BCUT2D eigenvalue weighted by atomic mass is 16.3. The average molecular weight is 360 g/mol. The lowest BCUT2D eigenvalue weighted by molar-refractivity contribution is -0.133. The van der Waals surface area contributed by atoms with Gasteiger partial charge in [0.15, 0.2) is 5.60 Å². The van der Waals surface area contributed by atoms with Crippen LogP contribution in [0.4, 0.5) is 5.69 Å². The van der Waals surface area contributed by atoms with Gasteiger partial charge < -0.3 is 10.4 Å². The molecule has 1 atom stereocenters. The summed E-state index contributed by atoms with van der Waals surface area (Å²) in [5.41, 5.74) is 1.92. The molecule has 27 heavy (non-hydrogen) atoms. The Labute approximate surface area is 157 Å². The first kappa shape index (κ1) is 18.4. The van der Waals surface area contributed by atoms with Crippen molar-refractivity contribution in [3.63, 3.8) is 0 Å². The van der Waals surface area contributed by atoms with Crippen LogP contribution in [0.15, 0.2) is 60.8 Å². The van der Waals surface area contributed by atoms with Gasteiger partial charge in [0.05, 0.1) is 23.9 Å². The van der Waals surface area contributed by atoms with Crippen LogP contribution in [0.25, 0.3) is 11.3 Å². The first-order chi connectivity index (χ1) is 12.9. The monoisotopic (exact) mass is 360 g/mol. The fraction of sp³-hybridized carbons (Fsp3) is 0.190. The van der Waals surface area contributed by atoms with E-state index in [1.165, 1.54) is 6.92 Å². The number of aryl methyl sites for hydroxylation is 1. The molecule has 2 aromatic carbocycles. The molecule has 2 N–H and O–H groups in total. The van der Waals surface area contributed by atoms with Crippen LogP contribution in [0.3, 0.4) is 0 Å². The number of hydrogen-bond donors (Lipinski definition) is 2. The van der Waals surface area contributed by atoms with E-state index in [2.05, 4.69) is 16.5 Å². The molecule has 136 valence electrons. The Balaban J connectivity index is 1.71. The van der Waals surface area contributed by atoms with Crippen LogP contribution in [0, 0.1) is 18.3 Å². The number of nitrogens with one attached hydrogen (secondary N) is 1. The van der Waals surface area contributed by atoms with Gasteiger partial charge in [-0.1, -0.05) is 30.3 Å². The minimum atomic E-state index is -1.65. The maximum atomic E-state index is 12.5. The number of carbonyl (C=O) groups is 1. The van der Waals surface area contributed by atoms with E-state index in [9.17, 15) is 9.90 Å². The van der Waals surface area contributed by atoms with Crippen molar-refractivity contribution >= 4 is 11.6 Å². The number of benzene rings is 2. The Morgan fingerprint density at radius 1 is 1.26 bits per heavy atom. The Morgan fingerprint density at radius 2 is 2.00 bits per heavy atom. The summed E-state index contributed by atoms with van der Waals surface area (Å²) in [6, 6.07) is 18.6. The van der Waals surface area contributed by atoms with Gasteiger partial charge in [-0.25, -0.2) is 0 Å². The topological polar surface area (TPSA) is 90.9 Å². The highest BCUT2D eigenvalue weighted by Crippen LogP contribution is 2.19. The van der Waals surface area contributed by atoms with Crippen molar-refractivity contribution in [2.75, 3.05) is 5.32 Å². The second-order valence-corrected chi connectivity index (χ2v) is 6.63. The zero-order chi connectivity index (χ0) is 19.4. The van der Waals surface area contributed by atoms with Crippen LogP contribution in [0.5, 0.6) is 0 Å². The molecule has 0 bridgehead atoms. The number of carbonyl (C=O) groups excluding carboxylic acids is 1. The SMILES string of the molecule is Cc1cc(NC(=O)C(C)(O)Cn2ccc(-c3ccccc3)n2)ccc1C#N. The number of aromatic nitrogens is 2. The highest BCUT2D eigenvalue weighted by molar-refractivity contribution is 5.96. The molecular formula is C21H20N4O2. The van der Waals surface area contributed by atoms with Crippen LogP contribution >= 0.6 is 0 Å². The summed E-state index contributed by atoms with van der Waals surface area (Å²) in [5, 5.41) is 26.7. The zero-order valence-corrected chi connectivity index (χ0v) is 15.2. The Bertz CT molecular complexity index is 1000. The van der Waals surface area contributed by atoms with Gasteiger partial charge in [0.2, 0.25) is 0 Å². The van der Waals surface area contributed by atoms with Crippen LogP contribution in [0.2, 0.25) is 0 Å². The molecule has 1 unspecified atom stereocenters. The number of rotatable bonds is 5. The Kier molecular flexibility index (Phi) is 5.06. The number of hydrogen-bond acceptors (Lipinski definition) is 4. The molecule has 0 radical (unpaired) electrons. The third-order valence-corrected chi connectivity index (χ3v) is 4.27. The Morgan fingerprint density at radius 3 is 2.67 bits per heavy atom. The molecule has 1 aromatic heterocycles. The van der Waals surface area contributed by atoms with E-state index in [0.29, 0.717) is 11.3 Å². The lowest BCUT2D eigenvalue weighted by Crippen LogP contribution is -2.43. The van der Waals surface area contributed by atoms with Crippen LogP contribution in [-0.4, -0.2) is 26.4 Å². The van der Waals surface area contributed by atoms with E-state index in [1.54, 1.807) is 36.0 Å². The van der Waals surface area contributed by atoms with Crippen molar-refractivity contribution in [1.82, 2.24) is 9.78 Å². The van der Waals surface area contributed by atoms with Crippen molar-refractivity contribution in [1.29, 1.82) is 5.26 Å². The summed E-state index contributed by atoms with van der Waals surface area (Å²) in [5.74, 6) is -0.539. The maximum Gasteiger partial charge on any atom is 0.257 e. The minimum Gasteiger partial charge on any atom is -0.378 e. The summed E-state index contributed by atoms with van der Waals surface area (Å²) in [4.78, 5) is 12.5. The summed E-state index contributed by atoms with van der Waals surface area (Å²) < 4.78 is 1.55. The predicted octanol–water partition coefficient (Wildman–Crippen LogP) is 3.12. The molecule has 3 aromatic rings. The van der Waals surface area contributed by atoms with Gasteiger partial charge in [0, 0.05) is 17.4 Å². The van der Waals surface area contributed by atoms with Gasteiger partial charge in [-0.3, -0.25) is 9.48 Å². The largest absolute Gasteiger partial charge is 0.378 e. The highest BCUT2D eigenvalue weighted by Gasteiger charge is 2.31. The third-order valence-electron chi connectivity index (χ3n) is 4.27. The van der Waals surface area contributed by atoms with Gasteiger partial charge in [0.25, 0.3) is 5.91 Å². The predicted molar refractivity (Wildman–Crippen MR) is 103 cm³/mol. The summed E-state index contributed by atoms with van der Waals surface area (Å²) in [6.45, 7) is 3.25. The number of amides is 1. The van der Waals surface area contributed by atoms with E-state index >= 15 is 0 Å². The van der Waals surface area contributed by atoms with Crippen molar-refractivity contribution < 1.29 is 9.90 Å². The molecule has 0 spiro atoms. The number of aliphatic hydroxyl groups is 1. The van der Waals surface area contributed by atoms with E-state index in [4.69, 9.17) is 5.26 Å². The molecule has 0 aliphatic heterocycles. The van der Waals surface area contributed by atoms with Crippen LogP contribution in [0.1, 0.15) is 18.1 Å². The van der Waals surface area contributed by atoms with E-state index < -0.39 is 11.5 Å². The quantitative estimate of drug-likeness (QED) is 0.731. The molecular weight excluding hydrogens is 340 g/mol. The fourth-order valence-electron chi connectivity index (χ4n) is 2.73. The lowest BCUT2D eigenvalue weighted by atomic mass is 10.1. The van der Waals surface area contributed by atoms with Crippen molar-refractivity contribution in [2.45, 2.75) is 26.0 Å². The zero-order valence-electron chi connectivity index (χ0n) is 15.2. The van der Waals surface area contributed by atoms with Gasteiger partial charge in [-0.2, -0.15) is 10.4 Å². The van der Waals surface area contributed by atoms with Crippen molar-refractivity contribution in [3.8, 4) is 17.3 Å². The van der Waals surface area contributed by atoms with E-state index in [0.717, 1.165) is 16.8 Å². The first-order valence-corrected chi connectivity index (χ1v) is 8.52. The molecule has 0 saturated heterocycles. The molecule has 0 saturated carbocycles. The van der Waals surface area contributed by atoms with Crippen LogP contribution < -0.4 is 5.32 Å². The molecule has 6 heteroatoms. The summed E-state index contributed by atoms with van der Waals surface area (Å²) in [6.07, 6.45) is 1.73. The van der Waals surface area contributed by atoms with E-state index in [-0.39, 0.29) is 6.54 Å². The van der Waals surface area contributed by atoms with Gasteiger partial charge >= 0.3 is 0 Å². The van der Waals surface area contributed by atoms with Gasteiger partial charge in [-0.05, 0) is 43.7 Å². The minimum absolute atomic E-state index is 0.0148. The van der Waals surface area contributed by atoms with Gasteiger partial charge in [-0.15, -0.1) is 0 Å². The third kappa shape index (κ3) is 4.22. The van der Waals surface area contributed by atoms with Crippen LogP contribution in [-0.2, 0) is 11.3 Å². The summed E-state index contributed by atoms with van der Waals surface area (Å²) >= 11 is 0. The molecule has 0 aliphatic carbocycles. The number of nitrogens with zero attached hydrogens (tertiary/aromatic N) is 3. The molecule has 1 amide bonds. The maximum absolute atomic E-state index is 12.5. The lowest BCUT2D eigenvalue weighted by Gasteiger charge is -2.22. The standard InChI is InChI=1S/C21H20N4O2/c1-15-12-18(9-8-17(15)13-22)23-20(26)21(2,27)14-25-11-10-19(24-25)16-6-4-3-5-7-16/h3-12,27H,14H2,1-2H3,(H,23,26). The number of nitriles is 1. The normalized spacial score (nSPS) is 12.8. The molecule has 6 nitrogen and oxygen atoms in total. The molecule has 0 fully saturated rings. The fourth-order valence-corrected chi connectivity index (χ4v) is 2.73. The number of anilines is 1. The smallest absolute Gasteiger partial charge is 0.257 e. The van der Waals surface area contributed by atoms with Crippen molar-refractivity contribution in [2.24, 2.45) is 0 Å². The second kappa shape index (κ2) is 7.44. The molecule has 3 rings (SSSR count). The van der Waals surface area contributed by atoms with Gasteiger partial charge in [0.1, 0.15) is 0 Å². The second-order valence-electron chi connectivity index (χ2n) is 6.63. The summed E-state index contributed by atoms with van der Waals surface area (Å²) in [7, 11) is 0. The average Bonchev–Trinajstić information content (AvgIpc) is 3.10. The molecule has 1 heterocycles. The van der Waals surface area contributed by atoms with Crippen molar-refractivity contribution in [3.05, 3.63) is 71.9 Å². The molecule has 0 aliphatic rings. The first-order valence-electron chi connectivity index (χ1n) is 8.52. The Hall–Kier alpha value is -3.43.